The number of allylic oxidation sites excluding steroid dienone is 2. The lowest BCUT2D eigenvalue weighted by Crippen LogP contribution is -2.39. The summed E-state index contributed by atoms with van der Waals surface area (Å²) in [5, 5.41) is 21.5. The second-order valence-electron chi connectivity index (χ2n) is 5.88. The van der Waals surface area contributed by atoms with Crippen molar-refractivity contribution < 1.29 is 19.8 Å². The minimum atomic E-state index is -1.16. The van der Waals surface area contributed by atoms with Crippen LogP contribution in [0.2, 0.25) is 0 Å². The summed E-state index contributed by atoms with van der Waals surface area (Å²) in [5.41, 5.74) is 1.95. The van der Waals surface area contributed by atoms with Crippen molar-refractivity contribution in [2.45, 2.75) is 45.4 Å². The van der Waals surface area contributed by atoms with Crippen LogP contribution in [0.1, 0.15) is 44.7 Å². The zero-order chi connectivity index (χ0) is 17.9. The molecule has 0 fully saturated rings. The van der Waals surface area contributed by atoms with Crippen LogP contribution in [0.3, 0.4) is 0 Å². The van der Waals surface area contributed by atoms with Gasteiger partial charge in [-0.25, -0.2) is 9.59 Å². The summed E-state index contributed by atoms with van der Waals surface area (Å²) in [4.78, 5) is 23.2. The molecular weight excluding hydrogens is 306 g/mol. The summed E-state index contributed by atoms with van der Waals surface area (Å²) in [6.07, 6.45) is 3.66. The molecule has 2 rings (SSSR count). The Morgan fingerprint density at radius 3 is 2.04 bits per heavy atom. The number of benzene rings is 1. The quantitative estimate of drug-likeness (QED) is 0.746. The van der Waals surface area contributed by atoms with Crippen molar-refractivity contribution in [1.29, 1.82) is 0 Å². The van der Waals surface area contributed by atoms with Gasteiger partial charge in [-0.1, -0.05) is 45.0 Å². The van der Waals surface area contributed by atoms with Crippen molar-refractivity contribution in [3.05, 3.63) is 58.4 Å². The van der Waals surface area contributed by atoms with Crippen molar-refractivity contribution >= 4 is 11.9 Å². The minimum Gasteiger partial charge on any atom is -0.477 e. The van der Waals surface area contributed by atoms with Gasteiger partial charge in [-0.3, -0.25) is 0 Å². The molecule has 0 bridgehead atoms. The van der Waals surface area contributed by atoms with Gasteiger partial charge in [0, 0.05) is 5.41 Å². The lowest BCUT2D eigenvalue weighted by molar-refractivity contribution is -0.133. The molecule has 0 aliphatic carbocycles. The molecule has 0 spiro atoms. The Kier molecular flexibility index (Phi) is 5.12. The number of nitrogens with one attached hydrogen (secondary N) is 1. The number of aryl methyl sites for hydroxylation is 1. The van der Waals surface area contributed by atoms with Gasteiger partial charge in [0.05, 0.1) is 0 Å². The van der Waals surface area contributed by atoms with Crippen molar-refractivity contribution in [3.8, 4) is 0 Å². The van der Waals surface area contributed by atoms with Crippen LogP contribution in [0.5, 0.6) is 0 Å². The van der Waals surface area contributed by atoms with Gasteiger partial charge in [-0.05, 0) is 42.0 Å². The first-order chi connectivity index (χ1) is 11.4. The van der Waals surface area contributed by atoms with E-state index < -0.39 is 17.4 Å². The van der Waals surface area contributed by atoms with Crippen LogP contribution in [0.4, 0.5) is 0 Å². The molecule has 1 aromatic rings. The van der Waals surface area contributed by atoms with Crippen molar-refractivity contribution in [2.75, 3.05) is 0 Å². The van der Waals surface area contributed by atoms with Crippen LogP contribution in [-0.4, -0.2) is 22.2 Å². The van der Waals surface area contributed by atoms with Crippen molar-refractivity contribution in [2.24, 2.45) is 0 Å². The molecule has 0 aromatic heterocycles. The molecule has 1 aromatic carbocycles. The Balaban J connectivity index is 2.73. The van der Waals surface area contributed by atoms with E-state index in [9.17, 15) is 19.8 Å². The first-order valence-electron chi connectivity index (χ1n) is 8.19. The first-order valence-corrected chi connectivity index (χ1v) is 8.19. The zero-order valence-electron chi connectivity index (χ0n) is 14.2. The van der Waals surface area contributed by atoms with Gasteiger partial charge < -0.3 is 15.5 Å². The summed E-state index contributed by atoms with van der Waals surface area (Å²) in [7, 11) is 0. The number of dihydropyridines is 1. The van der Waals surface area contributed by atoms with Crippen molar-refractivity contribution in [1.82, 2.24) is 5.32 Å². The van der Waals surface area contributed by atoms with Crippen LogP contribution in [0, 0.1) is 0 Å². The fourth-order valence-electron chi connectivity index (χ4n) is 3.41. The molecule has 24 heavy (non-hydrogen) atoms. The maximum Gasteiger partial charge on any atom is 0.352 e. The normalized spacial score (nSPS) is 20.4. The highest BCUT2D eigenvalue weighted by molar-refractivity contribution is 5.94. The molecular formula is C19H23NO4. The highest BCUT2D eigenvalue weighted by atomic mass is 16.4. The van der Waals surface area contributed by atoms with E-state index in [2.05, 4.69) is 12.2 Å². The Morgan fingerprint density at radius 2 is 1.62 bits per heavy atom. The third-order valence-electron chi connectivity index (χ3n) is 4.72. The SMILES string of the molecule is CCC1=C(C(=O)O)NC(C(=O)O)=CC1(CC)c1ccc(CC)cc1. The van der Waals surface area contributed by atoms with Gasteiger partial charge in [0.1, 0.15) is 11.4 Å². The molecule has 5 heteroatoms. The van der Waals surface area contributed by atoms with Gasteiger partial charge in [0.15, 0.2) is 0 Å². The van der Waals surface area contributed by atoms with Gasteiger partial charge in [0.2, 0.25) is 0 Å². The van der Waals surface area contributed by atoms with E-state index in [1.54, 1.807) is 6.08 Å². The molecule has 3 N–H and O–H groups in total. The fourth-order valence-corrected chi connectivity index (χ4v) is 3.41. The molecule has 0 amide bonds. The highest BCUT2D eigenvalue weighted by Crippen LogP contribution is 2.43. The number of carboxylic acid groups (broad SMARTS) is 2. The average Bonchev–Trinajstić information content (AvgIpc) is 2.60. The van der Waals surface area contributed by atoms with Crippen LogP contribution in [-0.2, 0) is 21.4 Å². The second-order valence-corrected chi connectivity index (χ2v) is 5.88. The fraction of sp³-hybridized carbons (Fsp3) is 0.368. The van der Waals surface area contributed by atoms with E-state index in [1.807, 2.05) is 38.1 Å². The smallest absolute Gasteiger partial charge is 0.352 e. The Bertz CT molecular complexity index is 715. The van der Waals surface area contributed by atoms with Gasteiger partial charge in [-0.15, -0.1) is 0 Å². The van der Waals surface area contributed by atoms with Crippen LogP contribution in [0.15, 0.2) is 47.3 Å². The predicted molar refractivity (Wildman–Crippen MR) is 91.6 cm³/mol. The highest BCUT2D eigenvalue weighted by Gasteiger charge is 2.40. The predicted octanol–water partition coefficient (Wildman–Crippen LogP) is 3.22. The van der Waals surface area contributed by atoms with Crippen LogP contribution >= 0.6 is 0 Å². The number of rotatable bonds is 6. The molecule has 1 aliphatic rings. The summed E-state index contributed by atoms with van der Waals surface area (Å²) in [5.74, 6) is -2.30. The summed E-state index contributed by atoms with van der Waals surface area (Å²) < 4.78 is 0. The van der Waals surface area contributed by atoms with Crippen LogP contribution in [0.25, 0.3) is 0 Å². The maximum absolute atomic E-state index is 11.7. The minimum absolute atomic E-state index is 0.0289. The molecule has 1 atom stereocenters. The van der Waals surface area contributed by atoms with Crippen LogP contribution < -0.4 is 5.32 Å². The molecule has 1 aliphatic heterocycles. The maximum atomic E-state index is 11.7. The molecule has 128 valence electrons. The van der Waals surface area contributed by atoms with E-state index in [0.717, 1.165) is 12.0 Å². The number of carbonyl (C=O) groups is 2. The molecule has 1 unspecified atom stereocenters. The Labute approximate surface area is 141 Å². The summed E-state index contributed by atoms with van der Waals surface area (Å²) in [6.45, 7) is 5.91. The number of hydrogen-bond acceptors (Lipinski definition) is 3. The molecule has 0 saturated carbocycles. The number of carboxylic acids is 2. The summed E-state index contributed by atoms with van der Waals surface area (Å²) >= 11 is 0. The van der Waals surface area contributed by atoms with E-state index in [1.165, 1.54) is 5.56 Å². The molecule has 0 radical (unpaired) electrons. The lowest BCUT2D eigenvalue weighted by atomic mass is 9.68. The van der Waals surface area contributed by atoms with E-state index in [4.69, 9.17) is 0 Å². The van der Waals surface area contributed by atoms with Gasteiger partial charge in [-0.2, -0.15) is 0 Å². The van der Waals surface area contributed by atoms with E-state index in [0.29, 0.717) is 18.4 Å². The Hall–Kier alpha value is -2.56. The third kappa shape index (κ3) is 2.94. The van der Waals surface area contributed by atoms with Crippen molar-refractivity contribution in [3.63, 3.8) is 0 Å². The average molecular weight is 329 g/mol. The molecule has 5 nitrogen and oxygen atoms in total. The van der Waals surface area contributed by atoms with E-state index >= 15 is 0 Å². The molecule has 0 saturated heterocycles. The second kappa shape index (κ2) is 6.91. The standard InChI is InChI=1S/C19H23NO4/c1-4-12-7-9-13(10-8-12)19(6-3)11-15(17(21)22)20-16(18(23)24)14(19)5-2/h7-11,20H,4-6H2,1-3H3,(H,21,22)(H,23,24). The monoisotopic (exact) mass is 329 g/mol. The first kappa shape index (κ1) is 17.8. The topological polar surface area (TPSA) is 86.6 Å². The third-order valence-corrected chi connectivity index (χ3v) is 4.72. The number of hydrogen-bond donors (Lipinski definition) is 3. The number of aliphatic carboxylic acids is 2. The van der Waals surface area contributed by atoms with Gasteiger partial charge >= 0.3 is 11.9 Å². The zero-order valence-corrected chi connectivity index (χ0v) is 14.2. The van der Waals surface area contributed by atoms with E-state index in [-0.39, 0.29) is 11.4 Å². The lowest BCUT2D eigenvalue weighted by Gasteiger charge is -2.38. The largest absolute Gasteiger partial charge is 0.477 e. The summed E-state index contributed by atoms with van der Waals surface area (Å²) in [6, 6.07) is 7.96. The van der Waals surface area contributed by atoms with Gasteiger partial charge in [0.25, 0.3) is 0 Å². The molecule has 1 heterocycles. The Morgan fingerprint density at radius 1 is 1.00 bits per heavy atom.